The molecule has 3 nitrogen and oxygen atoms in total. The molecule has 9 heteroatoms. The van der Waals surface area contributed by atoms with E-state index in [1.165, 1.54) is 29.6 Å². The minimum absolute atomic E-state index is 0.183. The normalized spacial score (nSPS) is 14.9. The van der Waals surface area contributed by atoms with Gasteiger partial charge in [0.1, 0.15) is 6.10 Å². The van der Waals surface area contributed by atoms with Crippen LogP contribution in [0, 0.1) is 11.6 Å². The highest BCUT2D eigenvalue weighted by molar-refractivity contribution is 8.00. The number of aromatic nitrogens is 1. The van der Waals surface area contributed by atoms with Crippen molar-refractivity contribution < 1.29 is 18.3 Å². The summed E-state index contributed by atoms with van der Waals surface area (Å²) in [4.78, 5) is 15.2. The molecule has 0 radical (unpaired) electrons. The molecule has 3 aromatic carbocycles. The van der Waals surface area contributed by atoms with E-state index in [0.717, 1.165) is 14.7 Å². The van der Waals surface area contributed by atoms with Gasteiger partial charge in [-0.05, 0) is 54.6 Å². The fourth-order valence-electron chi connectivity index (χ4n) is 4.16. The highest BCUT2D eigenvalue weighted by atomic mass is 35.5. The van der Waals surface area contributed by atoms with E-state index in [4.69, 9.17) is 27.9 Å². The molecule has 1 atom stereocenters. The zero-order valence-electron chi connectivity index (χ0n) is 18.5. The summed E-state index contributed by atoms with van der Waals surface area (Å²) in [6.07, 6.45) is 0.193. The number of aryl methyl sites for hydroxylation is 1. The summed E-state index contributed by atoms with van der Waals surface area (Å²) < 4.78 is 37.7. The van der Waals surface area contributed by atoms with E-state index in [-0.39, 0.29) is 17.9 Å². The average molecular weight is 550 g/mol. The third-order valence-electron chi connectivity index (χ3n) is 5.74. The molecule has 0 saturated heterocycles. The topological polar surface area (TPSA) is 31.2 Å². The second-order valence-corrected chi connectivity index (χ2v) is 11.1. The van der Waals surface area contributed by atoms with Gasteiger partial charge in [0.25, 0.3) is 0 Å². The molecule has 0 amide bonds. The number of rotatable bonds is 6. The molecule has 0 bridgehead atoms. The van der Waals surface area contributed by atoms with E-state index in [2.05, 4.69) is 0 Å². The monoisotopic (exact) mass is 549 g/mol. The Labute approximate surface area is 219 Å². The molecule has 35 heavy (non-hydrogen) atoms. The van der Waals surface area contributed by atoms with Crippen molar-refractivity contribution in [1.29, 1.82) is 0 Å². The molecule has 0 fully saturated rings. The minimum atomic E-state index is -0.925. The molecule has 2 heterocycles. The zero-order chi connectivity index (χ0) is 24.7. The number of nitrogens with zero attached hydrogens (tertiary/aromatic N) is 1. The van der Waals surface area contributed by atoms with Crippen LogP contribution in [-0.2, 0) is 16.1 Å². The molecule has 4 aromatic rings. The molecule has 0 spiro atoms. The average Bonchev–Trinajstić information content (AvgIpc) is 3.39. The van der Waals surface area contributed by atoms with Gasteiger partial charge in [0, 0.05) is 54.4 Å². The van der Waals surface area contributed by atoms with Crippen LogP contribution in [0.3, 0.4) is 0 Å². The van der Waals surface area contributed by atoms with Gasteiger partial charge in [-0.3, -0.25) is 4.79 Å². The maximum Gasteiger partial charge on any atom is 0.306 e. The van der Waals surface area contributed by atoms with Crippen molar-refractivity contribution in [3.8, 4) is 0 Å². The number of esters is 1. The van der Waals surface area contributed by atoms with Crippen molar-refractivity contribution >= 4 is 63.6 Å². The Kier molecular flexibility index (Phi) is 7.04. The lowest BCUT2D eigenvalue weighted by Gasteiger charge is -2.14. The van der Waals surface area contributed by atoms with Crippen LogP contribution in [0.4, 0.5) is 8.78 Å². The van der Waals surface area contributed by atoms with E-state index in [0.29, 0.717) is 39.0 Å². The maximum atomic E-state index is 15.3. The Balaban J connectivity index is 1.73. The Morgan fingerprint density at radius 1 is 1.03 bits per heavy atom. The summed E-state index contributed by atoms with van der Waals surface area (Å²) in [5.41, 5.74) is 0.868. The number of benzene rings is 3. The van der Waals surface area contributed by atoms with Crippen LogP contribution >= 0.6 is 46.7 Å². The van der Waals surface area contributed by atoms with Crippen molar-refractivity contribution in [3.05, 3.63) is 82.0 Å². The predicted octanol–water partition coefficient (Wildman–Crippen LogP) is 8.93. The van der Waals surface area contributed by atoms with Crippen LogP contribution in [0.25, 0.3) is 10.9 Å². The summed E-state index contributed by atoms with van der Waals surface area (Å²) in [6.45, 7) is 2.15. The Hall–Kier alpha value is -2.19. The van der Waals surface area contributed by atoms with Crippen LogP contribution in [-0.4, -0.2) is 10.5 Å². The standard InChI is InChI=1S/C26H19Cl2F2NO2S2/c1-2-21(32)33-19-11-12-31-24(19)26(35-17-9-5-15(28)6-10-17)22-20(13-18(29)23(30)25(22)31)34-16-7-3-14(27)4-8-16/h3-10,13,19H,2,11-12H2,1H3. The summed E-state index contributed by atoms with van der Waals surface area (Å²) in [6, 6.07) is 15.7. The van der Waals surface area contributed by atoms with Gasteiger partial charge in [-0.1, -0.05) is 53.6 Å². The van der Waals surface area contributed by atoms with Crippen molar-refractivity contribution in [2.24, 2.45) is 0 Å². The Morgan fingerprint density at radius 2 is 1.63 bits per heavy atom. The molecule has 0 saturated carbocycles. The van der Waals surface area contributed by atoms with E-state index in [1.54, 1.807) is 35.8 Å². The number of carbonyl (C=O) groups excluding carboxylic acids is 1. The van der Waals surface area contributed by atoms with Crippen molar-refractivity contribution in [1.82, 2.24) is 4.57 Å². The van der Waals surface area contributed by atoms with Gasteiger partial charge in [-0.2, -0.15) is 0 Å². The lowest BCUT2D eigenvalue weighted by atomic mass is 10.2. The predicted molar refractivity (Wildman–Crippen MR) is 137 cm³/mol. The van der Waals surface area contributed by atoms with Crippen LogP contribution < -0.4 is 0 Å². The van der Waals surface area contributed by atoms with Crippen LogP contribution in [0.2, 0.25) is 10.0 Å². The van der Waals surface area contributed by atoms with Gasteiger partial charge in [-0.15, -0.1) is 0 Å². The van der Waals surface area contributed by atoms with Crippen molar-refractivity contribution in [2.45, 2.75) is 52.0 Å². The smallest absolute Gasteiger partial charge is 0.306 e. The van der Waals surface area contributed by atoms with Crippen LogP contribution in [0.1, 0.15) is 31.6 Å². The first kappa shape index (κ1) is 24.5. The van der Waals surface area contributed by atoms with E-state index >= 15 is 4.39 Å². The van der Waals surface area contributed by atoms with Crippen LogP contribution in [0.5, 0.6) is 0 Å². The van der Waals surface area contributed by atoms with Gasteiger partial charge >= 0.3 is 5.97 Å². The van der Waals surface area contributed by atoms with Crippen molar-refractivity contribution in [2.75, 3.05) is 0 Å². The number of carbonyl (C=O) groups is 1. The first-order chi connectivity index (χ1) is 16.9. The summed E-state index contributed by atoms with van der Waals surface area (Å²) in [5.74, 6) is -2.17. The Bertz CT molecular complexity index is 1420. The summed E-state index contributed by atoms with van der Waals surface area (Å²) >= 11 is 14.8. The SMILES string of the molecule is CCC(=O)OC1CCn2c1c(Sc1ccc(Cl)cc1)c1c(Sc3ccc(Cl)cc3)cc(F)c(F)c12. The van der Waals surface area contributed by atoms with Gasteiger partial charge in [0.2, 0.25) is 0 Å². The quantitative estimate of drug-likeness (QED) is 0.224. The first-order valence-electron chi connectivity index (χ1n) is 11.0. The Morgan fingerprint density at radius 3 is 2.23 bits per heavy atom. The van der Waals surface area contributed by atoms with Crippen molar-refractivity contribution in [3.63, 3.8) is 0 Å². The van der Waals surface area contributed by atoms with Gasteiger partial charge in [0.05, 0.1) is 11.2 Å². The summed E-state index contributed by atoms with van der Waals surface area (Å²) in [7, 11) is 0. The maximum absolute atomic E-state index is 15.3. The number of fused-ring (bicyclic) bond motifs is 3. The minimum Gasteiger partial charge on any atom is -0.456 e. The molecule has 0 N–H and O–H groups in total. The van der Waals surface area contributed by atoms with Crippen LogP contribution in [0.15, 0.2) is 74.2 Å². The number of hydrogen-bond donors (Lipinski definition) is 0. The summed E-state index contributed by atoms with van der Waals surface area (Å²) in [5, 5.41) is 1.78. The molecule has 1 unspecified atom stereocenters. The highest BCUT2D eigenvalue weighted by Crippen LogP contribution is 2.50. The van der Waals surface area contributed by atoms with E-state index in [9.17, 15) is 9.18 Å². The molecule has 1 aliphatic heterocycles. The molecule has 0 aliphatic carbocycles. The lowest BCUT2D eigenvalue weighted by molar-refractivity contribution is -0.149. The molecular formula is C26H19Cl2F2NO2S2. The number of hydrogen-bond acceptors (Lipinski definition) is 4. The van der Waals surface area contributed by atoms with Gasteiger partial charge in [0.15, 0.2) is 11.6 Å². The third kappa shape index (κ3) is 4.79. The van der Waals surface area contributed by atoms with Gasteiger partial charge < -0.3 is 9.30 Å². The number of ether oxygens (including phenoxy) is 1. The van der Waals surface area contributed by atoms with E-state index in [1.807, 2.05) is 24.3 Å². The molecule has 180 valence electrons. The molecule has 5 rings (SSSR count). The molecule has 1 aliphatic rings. The lowest BCUT2D eigenvalue weighted by Crippen LogP contribution is -2.08. The second-order valence-electron chi connectivity index (χ2n) is 7.99. The first-order valence-corrected chi connectivity index (χ1v) is 13.3. The third-order valence-corrected chi connectivity index (χ3v) is 8.42. The second kappa shape index (κ2) is 10.1. The largest absolute Gasteiger partial charge is 0.456 e. The van der Waals surface area contributed by atoms with Gasteiger partial charge in [-0.25, -0.2) is 8.78 Å². The fraction of sp³-hybridized carbons (Fsp3) is 0.192. The molecule has 1 aromatic heterocycles. The fourth-order valence-corrected chi connectivity index (χ4v) is 6.63. The molecular weight excluding hydrogens is 531 g/mol. The van der Waals surface area contributed by atoms with E-state index < -0.39 is 17.7 Å². The zero-order valence-corrected chi connectivity index (χ0v) is 21.6. The highest BCUT2D eigenvalue weighted by Gasteiger charge is 2.35. The number of halogens is 4.